The van der Waals surface area contributed by atoms with Crippen molar-refractivity contribution in [3.8, 4) is 0 Å². The Hall–Kier alpha value is -1.65. The second kappa shape index (κ2) is 5.33. The number of carbonyl (C=O) groups is 1. The van der Waals surface area contributed by atoms with Crippen molar-refractivity contribution in [2.75, 3.05) is 37.0 Å². The number of ketones is 1. The second-order valence-corrected chi connectivity index (χ2v) is 4.98. The lowest BCUT2D eigenvalue weighted by atomic mass is 9.93. The number of piperidine rings is 1. The predicted octanol–water partition coefficient (Wildman–Crippen LogP) is 1.35. The molecule has 0 aliphatic carbocycles. The van der Waals surface area contributed by atoms with E-state index in [0.717, 1.165) is 37.7 Å². The van der Waals surface area contributed by atoms with Gasteiger partial charge in [-0.15, -0.1) is 0 Å². The van der Waals surface area contributed by atoms with Gasteiger partial charge in [-0.05, 0) is 25.8 Å². The van der Waals surface area contributed by atoms with Crippen molar-refractivity contribution in [1.82, 2.24) is 9.97 Å². The Bertz CT molecular complexity index is 425. The van der Waals surface area contributed by atoms with Crippen LogP contribution in [0, 0.1) is 5.92 Å². The van der Waals surface area contributed by atoms with Gasteiger partial charge in [-0.1, -0.05) is 0 Å². The number of hydrogen-bond acceptors (Lipinski definition) is 5. The predicted molar refractivity (Wildman–Crippen MR) is 72.0 cm³/mol. The van der Waals surface area contributed by atoms with Gasteiger partial charge in [0.05, 0.1) is 0 Å². The summed E-state index contributed by atoms with van der Waals surface area (Å²) < 4.78 is 0. The highest BCUT2D eigenvalue weighted by atomic mass is 16.1. The summed E-state index contributed by atoms with van der Waals surface area (Å²) in [4.78, 5) is 24.2. The summed E-state index contributed by atoms with van der Waals surface area (Å²) in [6.07, 6.45) is 3.64. The minimum Gasteiger partial charge on any atom is -0.356 e. The van der Waals surface area contributed by atoms with Gasteiger partial charge in [0.15, 0.2) is 0 Å². The zero-order chi connectivity index (χ0) is 13.1. The van der Waals surface area contributed by atoms with Crippen molar-refractivity contribution in [2.24, 2.45) is 5.92 Å². The highest BCUT2D eigenvalue weighted by Gasteiger charge is 2.23. The third-order valence-corrected chi connectivity index (χ3v) is 3.42. The van der Waals surface area contributed by atoms with Gasteiger partial charge in [0, 0.05) is 39.3 Å². The molecule has 0 saturated carbocycles. The number of Topliss-reactive ketones (excluding diaryl/α,β-unsaturated/α-hetero) is 1. The van der Waals surface area contributed by atoms with Crippen LogP contribution in [0.1, 0.15) is 19.8 Å². The second-order valence-electron chi connectivity index (χ2n) is 4.98. The van der Waals surface area contributed by atoms with Crippen molar-refractivity contribution in [3.63, 3.8) is 0 Å². The third-order valence-electron chi connectivity index (χ3n) is 3.42. The minimum atomic E-state index is 0.233. The Kier molecular flexibility index (Phi) is 3.79. The molecule has 1 saturated heterocycles. The van der Waals surface area contributed by atoms with E-state index < -0.39 is 0 Å². The van der Waals surface area contributed by atoms with Gasteiger partial charge in [-0.25, -0.2) is 4.98 Å². The maximum Gasteiger partial charge on any atom is 0.226 e. The maximum atomic E-state index is 11.3. The maximum absolute atomic E-state index is 11.3. The van der Waals surface area contributed by atoms with Crippen molar-refractivity contribution in [1.29, 1.82) is 0 Å². The molecular weight excluding hydrogens is 228 g/mol. The van der Waals surface area contributed by atoms with Crippen molar-refractivity contribution >= 4 is 17.5 Å². The zero-order valence-corrected chi connectivity index (χ0v) is 11.3. The van der Waals surface area contributed by atoms with Crippen LogP contribution in [0.15, 0.2) is 12.3 Å². The lowest BCUT2D eigenvalue weighted by Gasteiger charge is -2.31. The molecule has 1 aliphatic heterocycles. The Morgan fingerprint density at radius 3 is 2.61 bits per heavy atom. The summed E-state index contributed by atoms with van der Waals surface area (Å²) in [5, 5.41) is 0. The summed E-state index contributed by atoms with van der Waals surface area (Å²) in [6, 6.07) is 1.93. The first-order chi connectivity index (χ1) is 8.58. The lowest BCUT2D eigenvalue weighted by Crippen LogP contribution is -2.36. The Labute approximate surface area is 108 Å². The molecular formula is C13H20N4O. The fraction of sp³-hybridized carbons (Fsp3) is 0.615. The van der Waals surface area contributed by atoms with Crippen LogP contribution in [0.2, 0.25) is 0 Å². The molecule has 0 atom stereocenters. The Morgan fingerprint density at radius 1 is 1.39 bits per heavy atom. The molecule has 1 aromatic rings. The van der Waals surface area contributed by atoms with Gasteiger partial charge in [0.2, 0.25) is 5.95 Å². The van der Waals surface area contributed by atoms with Crippen LogP contribution in [0.4, 0.5) is 11.8 Å². The van der Waals surface area contributed by atoms with E-state index in [2.05, 4.69) is 14.9 Å². The summed E-state index contributed by atoms with van der Waals surface area (Å²) >= 11 is 0. The molecule has 2 rings (SSSR count). The number of nitrogens with zero attached hydrogens (tertiary/aromatic N) is 4. The molecule has 1 aliphatic rings. The molecule has 0 spiro atoms. The first kappa shape index (κ1) is 12.8. The van der Waals surface area contributed by atoms with E-state index in [1.165, 1.54) is 0 Å². The van der Waals surface area contributed by atoms with Crippen LogP contribution in [0.5, 0.6) is 0 Å². The van der Waals surface area contributed by atoms with E-state index in [1.807, 2.05) is 25.1 Å². The average molecular weight is 248 g/mol. The monoisotopic (exact) mass is 248 g/mol. The molecule has 0 amide bonds. The summed E-state index contributed by atoms with van der Waals surface area (Å²) in [5.74, 6) is 2.22. The van der Waals surface area contributed by atoms with Crippen LogP contribution in [-0.2, 0) is 4.79 Å². The van der Waals surface area contributed by atoms with Crippen molar-refractivity contribution in [3.05, 3.63) is 12.3 Å². The SMILES string of the molecule is CC(=O)C1CCN(c2ccnc(N(C)C)n2)CC1. The highest BCUT2D eigenvalue weighted by molar-refractivity contribution is 5.78. The highest BCUT2D eigenvalue weighted by Crippen LogP contribution is 2.22. The van der Waals surface area contributed by atoms with Gasteiger partial charge >= 0.3 is 0 Å². The normalized spacial score (nSPS) is 16.7. The van der Waals surface area contributed by atoms with E-state index in [9.17, 15) is 4.79 Å². The molecule has 0 unspecified atom stereocenters. The number of rotatable bonds is 3. The van der Waals surface area contributed by atoms with Crippen LogP contribution < -0.4 is 9.80 Å². The number of hydrogen-bond donors (Lipinski definition) is 0. The summed E-state index contributed by atoms with van der Waals surface area (Å²) in [6.45, 7) is 3.48. The molecule has 0 bridgehead atoms. The molecule has 5 nitrogen and oxygen atoms in total. The number of aromatic nitrogens is 2. The zero-order valence-electron chi connectivity index (χ0n) is 11.3. The Balaban J connectivity index is 2.05. The molecule has 98 valence electrons. The van der Waals surface area contributed by atoms with Crippen LogP contribution in [0.25, 0.3) is 0 Å². The van der Waals surface area contributed by atoms with Crippen LogP contribution in [0.3, 0.4) is 0 Å². The molecule has 0 aromatic carbocycles. The smallest absolute Gasteiger partial charge is 0.226 e. The van der Waals surface area contributed by atoms with Gasteiger partial charge in [0.25, 0.3) is 0 Å². The first-order valence-corrected chi connectivity index (χ1v) is 6.33. The van der Waals surface area contributed by atoms with Crippen molar-refractivity contribution < 1.29 is 4.79 Å². The molecule has 18 heavy (non-hydrogen) atoms. The molecule has 2 heterocycles. The fourth-order valence-corrected chi connectivity index (χ4v) is 2.25. The van der Waals surface area contributed by atoms with E-state index in [1.54, 1.807) is 13.1 Å². The topological polar surface area (TPSA) is 49.3 Å². The van der Waals surface area contributed by atoms with E-state index in [0.29, 0.717) is 5.78 Å². The van der Waals surface area contributed by atoms with Crippen LogP contribution in [-0.4, -0.2) is 42.9 Å². The van der Waals surface area contributed by atoms with E-state index in [4.69, 9.17) is 0 Å². The first-order valence-electron chi connectivity index (χ1n) is 6.33. The van der Waals surface area contributed by atoms with Crippen molar-refractivity contribution in [2.45, 2.75) is 19.8 Å². The quantitative estimate of drug-likeness (QED) is 0.808. The van der Waals surface area contributed by atoms with E-state index >= 15 is 0 Å². The molecule has 1 fully saturated rings. The minimum absolute atomic E-state index is 0.233. The molecule has 5 heteroatoms. The van der Waals surface area contributed by atoms with Gasteiger partial charge in [-0.2, -0.15) is 4.98 Å². The molecule has 1 aromatic heterocycles. The fourth-order valence-electron chi connectivity index (χ4n) is 2.25. The largest absolute Gasteiger partial charge is 0.356 e. The Morgan fingerprint density at radius 2 is 2.06 bits per heavy atom. The lowest BCUT2D eigenvalue weighted by molar-refractivity contribution is -0.121. The van der Waals surface area contributed by atoms with Crippen LogP contribution >= 0.6 is 0 Å². The standard InChI is InChI=1S/C13H20N4O/c1-10(18)11-5-8-17(9-6-11)12-4-7-14-13(15-12)16(2)3/h4,7,11H,5-6,8-9H2,1-3H3. The molecule has 0 N–H and O–H groups in total. The number of carbonyl (C=O) groups excluding carboxylic acids is 1. The van der Waals surface area contributed by atoms with E-state index in [-0.39, 0.29) is 5.92 Å². The summed E-state index contributed by atoms with van der Waals surface area (Å²) in [7, 11) is 3.86. The summed E-state index contributed by atoms with van der Waals surface area (Å²) in [5.41, 5.74) is 0. The van der Waals surface area contributed by atoms with Gasteiger partial charge < -0.3 is 9.80 Å². The number of anilines is 2. The third kappa shape index (κ3) is 2.78. The van der Waals surface area contributed by atoms with Gasteiger partial charge in [0.1, 0.15) is 11.6 Å². The molecule has 0 radical (unpaired) electrons. The van der Waals surface area contributed by atoms with Gasteiger partial charge in [-0.3, -0.25) is 4.79 Å². The average Bonchev–Trinajstić information content (AvgIpc) is 2.39.